The molecule has 0 unspecified atom stereocenters. The van der Waals surface area contributed by atoms with Gasteiger partial charge in [0.25, 0.3) is 5.56 Å². The van der Waals surface area contributed by atoms with Crippen molar-refractivity contribution < 1.29 is 63.7 Å². The van der Waals surface area contributed by atoms with E-state index in [-0.39, 0.29) is 61.6 Å². The summed E-state index contributed by atoms with van der Waals surface area (Å²) in [5.41, 5.74) is 7.75. The van der Waals surface area contributed by atoms with E-state index in [9.17, 15) is 9.59 Å². The molecule has 0 aliphatic rings. The molecule has 0 amide bonds. The van der Waals surface area contributed by atoms with Gasteiger partial charge < -0.3 is 34.3 Å². The van der Waals surface area contributed by atoms with Crippen LogP contribution in [0.5, 0.6) is 0 Å². The summed E-state index contributed by atoms with van der Waals surface area (Å²) in [5, 5.41) is 25.7. The topological polar surface area (TPSA) is 196 Å². The average molecular weight is 1100 g/mol. The first-order valence-electron chi connectivity index (χ1n) is 17.2. The molecule has 5 heterocycles. The maximum atomic E-state index is 11.4. The van der Waals surface area contributed by atoms with Crippen LogP contribution in [0.2, 0.25) is 0 Å². The number of alkyl halides is 1. The van der Waals surface area contributed by atoms with Crippen molar-refractivity contribution in [3.63, 3.8) is 0 Å². The van der Waals surface area contributed by atoms with E-state index in [1.54, 1.807) is 27.7 Å². The molecule has 311 valence electrons. The first-order valence-corrected chi connectivity index (χ1v) is 26.7. The van der Waals surface area contributed by atoms with Crippen molar-refractivity contribution in [1.29, 1.82) is 0 Å². The molecule has 5 rings (SSSR count). The molecule has 3 radical (unpaired) electrons. The first kappa shape index (κ1) is 58.0. The number of rotatable bonds is 11. The molecule has 22 heteroatoms. The number of aliphatic hydroxyl groups excluding tert-OH is 1. The van der Waals surface area contributed by atoms with Crippen molar-refractivity contribution in [1.82, 2.24) is 30.6 Å². The van der Waals surface area contributed by atoms with Gasteiger partial charge in [-0.05, 0) is 114 Å². The van der Waals surface area contributed by atoms with E-state index in [0.717, 1.165) is 75.8 Å². The van der Waals surface area contributed by atoms with Crippen LogP contribution in [0, 0.1) is 34.6 Å². The van der Waals surface area contributed by atoms with Crippen LogP contribution in [-0.2, 0) is 48.1 Å². The van der Waals surface area contributed by atoms with E-state index in [2.05, 4.69) is 99.9 Å². The molecule has 5 aromatic heterocycles. The summed E-state index contributed by atoms with van der Waals surface area (Å²) in [6.07, 6.45) is 3.27. The van der Waals surface area contributed by atoms with E-state index < -0.39 is 0 Å². The van der Waals surface area contributed by atoms with Crippen molar-refractivity contribution in [2.24, 2.45) is 0 Å². The molecule has 14 nitrogen and oxygen atoms in total. The standard InChI is InChI=1S/C12H15N3O2S.C9H13NO3.C7H10BrNO.C7H11NO2.B.Br3P.Na.H/c1-4-10-9(8(3)17-15-10)6-18-12-13-7(2)5-11(16)14-12;1-4-7-8(6(3)13-10-7)9(11)12-5-2;1-3-7-6(4-8)5(2)10-9-7;1-3-7-6(4-9)5(2)10-8-7;;1-4(2)3;;/h5H,4,6H2,1-3H3,(H,13,14,16);4-5H2,1-3H3;3-4H2,1-2H3;9H,3-4H2,1-2H3;;;;/q;;;;;;+1;-1. The number of thioether (sulfide) groups is 1. The summed E-state index contributed by atoms with van der Waals surface area (Å²) >= 11 is 14.4. The van der Waals surface area contributed by atoms with Crippen LogP contribution in [0.15, 0.2) is 34.1 Å². The Labute approximate surface area is 397 Å². The van der Waals surface area contributed by atoms with E-state index in [1.807, 2.05) is 34.6 Å². The zero-order valence-corrected chi connectivity index (χ0v) is 44.3. The molecule has 0 saturated heterocycles. The predicted molar refractivity (Wildman–Crippen MR) is 237 cm³/mol. The average Bonchev–Trinajstić information content (AvgIpc) is 3.91. The Bertz CT molecular complexity index is 1900. The number of aliphatic hydroxyl groups is 1. The number of hydrogen-bond donors (Lipinski definition) is 2. The van der Waals surface area contributed by atoms with Crippen LogP contribution in [0.1, 0.15) is 115 Å². The second kappa shape index (κ2) is 31.7. The van der Waals surface area contributed by atoms with Crippen LogP contribution in [0.25, 0.3) is 0 Å². The fraction of sp³-hybridized carbons (Fsp3) is 0.514. The van der Waals surface area contributed by atoms with E-state index in [1.165, 1.54) is 23.4 Å². The molecule has 0 aromatic carbocycles. The number of halogens is 4. The second-order valence-corrected chi connectivity index (χ2v) is 28.0. The quantitative estimate of drug-likeness (QED) is 0.0328. The molecule has 0 aliphatic carbocycles. The third-order valence-electron chi connectivity index (χ3n) is 7.44. The minimum absolute atomic E-state index is 0. The predicted octanol–water partition coefficient (Wildman–Crippen LogP) is 7.56. The number of aromatic nitrogens is 6. The fourth-order valence-electron chi connectivity index (χ4n) is 4.59. The maximum Gasteiger partial charge on any atom is 1.00 e. The zero-order valence-electron chi connectivity index (χ0n) is 35.2. The van der Waals surface area contributed by atoms with Crippen LogP contribution >= 0.6 is 78.2 Å². The van der Waals surface area contributed by atoms with E-state index in [0.29, 0.717) is 41.0 Å². The minimum Gasteiger partial charge on any atom is -1.00 e. The summed E-state index contributed by atoms with van der Waals surface area (Å²) in [4.78, 5) is 29.7. The van der Waals surface area contributed by atoms with Crippen LogP contribution in [0.4, 0.5) is 0 Å². The Morgan fingerprint density at radius 2 is 1.21 bits per heavy atom. The summed E-state index contributed by atoms with van der Waals surface area (Å²) in [7, 11) is 0. The van der Waals surface area contributed by atoms with Gasteiger partial charge >= 0.3 is 35.5 Å². The summed E-state index contributed by atoms with van der Waals surface area (Å²) in [6, 6.07) is 1.48. The van der Waals surface area contributed by atoms with Crippen molar-refractivity contribution in [2.75, 3.05) is 6.61 Å². The van der Waals surface area contributed by atoms with Gasteiger partial charge in [-0.3, -0.25) is 4.79 Å². The number of nitrogens with zero attached hydrogens (tertiary/aromatic N) is 5. The van der Waals surface area contributed by atoms with Crippen molar-refractivity contribution >= 4 is 92.6 Å². The molecular formula is C35H50BBr4N6NaO8PS. The number of carbonyl (C=O) groups is 1. The molecular weight excluding hydrogens is 1050 g/mol. The molecule has 0 atom stereocenters. The number of nitrogens with one attached hydrogen (secondary N) is 1. The number of ether oxygens (including phenoxy) is 1. The normalized spacial score (nSPS) is 9.96. The Morgan fingerprint density at radius 3 is 1.61 bits per heavy atom. The largest absolute Gasteiger partial charge is 1.00 e. The monoisotopic (exact) mass is 1090 g/mol. The Hall–Kier alpha value is -1.09. The summed E-state index contributed by atoms with van der Waals surface area (Å²) < 4.78 is 24.6. The SMILES string of the molecule is BrP(Br)Br.CCOC(=O)c1c(CC)noc1C.CCc1noc(C)c1CBr.CCc1noc(C)c1CO.CCc1noc(C)c1CSc1nc(C)cc(=O)[nH]1.[B].[H-].[Na+]. The molecule has 5 aromatic rings. The molecule has 0 bridgehead atoms. The van der Waals surface area contributed by atoms with Crippen molar-refractivity contribution in [3.8, 4) is 0 Å². The Balaban J connectivity index is -0.000000680. The number of H-pyrrole nitrogens is 1. The summed E-state index contributed by atoms with van der Waals surface area (Å²) in [5.74, 6) is 3.35. The van der Waals surface area contributed by atoms with Gasteiger partial charge in [-0.1, -0.05) is 76.0 Å². The number of aromatic amines is 1. The Kier molecular flexibility index (Phi) is 32.3. The second-order valence-electron chi connectivity index (χ2n) is 11.2. The molecule has 57 heavy (non-hydrogen) atoms. The molecule has 0 spiro atoms. The smallest absolute Gasteiger partial charge is 1.00 e. The van der Waals surface area contributed by atoms with Gasteiger partial charge in [-0.25, -0.2) is 9.78 Å². The first-order chi connectivity index (χ1) is 26.1. The van der Waals surface area contributed by atoms with Crippen LogP contribution in [0.3, 0.4) is 0 Å². The number of esters is 1. The van der Waals surface area contributed by atoms with Gasteiger partial charge in [0.1, 0.15) is 32.6 Å². The molecule has 0 fully saturated rings. The third-order valence-corrected chi connectivity index (χ3v) is 8.90. The van der Waals surface area contributed by atoms with Gasteiger partial charge in [0.05, 0.1) is 36.0 Å². The number of carbonyl (C=O) groups excluding carboxylic acids is 1. The van der Waals surface area contributed by atoms with E-state index in [4.69, 9.17) is 27.9 Å². The third kappa shape index (κ3) is 20.4. The van der Waals surface area contributed by atoms with Crippen LogP contribution in [-0.4, -0.2) is 56.7 Å². The van der Waals surface area contributed by atoms with Gasteiger partial charge in [-0.15, -0.1) is 0 Å². The number of hydrogen-bond acceptors (Lipinski definition) is 14. The summed E-state index contributed by atoms with van der Waals surface area (Å²) in [6.45, 7) is 19.3. The zero-order chi connectivity index (χ0) is 41.7. The molecule has 0 aliphatic heterocycles. The van der Waals surface area contributed by atoms with Gasteiger partial charge in [-0.2, -0.15) is 0 Å². The number of aryl methyl sites for hydroxylation is 9. The van der Waals surface area contributed by atoms with Gasteiger partial charge in [0.15, 0.2) is 5.16 Å². The van der Waals surface area contributed by atoms with Crippen molar-refractivity contribution in [2.45, 2.75) is 118 Å². The van der Waals surface area contributed by atoms with Crippen molar-refractivity contribution in [3.05, 3.63) is 90.2 Å². The Morgan fingerprint density at radius 1 is 0.789 bits per heavy atom. The molecule has 2 N–H and O–H groups in total. The van der Waals surface area contributed by atoms with E-state index >= 15 is 0 Å². The molecule has 0 saturated carbocycles. The maximum absolute atomic E-state index is 11.4. The minimum atomic E-state index is -0.349. The van der Waals surface area contributed by atoms with Crippen LogP contribution < -0.4 is 35.1 Å². The fourth-order valence-corrected chi connectivity index (χ4v) is 6.34. The van der Waals surface area contributed by atoms with Gasteiger partial charge in [0.2, 0.25) is 0 Å². The van der Waals surface area contributed by atoms with Gasteiger partial charge in [0, 0.05) is 47.9 Å².